The molecule has 0 saturated heterocycles. The van der Waals surface area contributed by atoms with E-state index in [0.717, 1.165) is 0 Å². The highest BCUT2D eigenvalue weighted by molar-refractivity contribution is 6.30. The molecule has 25 heavy (non-hydrogen) atoms. The molecular weight excluding hydrogens is 359 g/mol. The molecule has 2 N–H and O–H groups in total. The van der Waals surface area contributed by atoms with Gasteiger partial charge < -0.3 is 15.4 Å². The highest BCUT2D eigenvalue weighted by atomic mass is 35.5. The Morgan fingerprint density at radius 3 is 2.48 bits per heavy atom. The van der Waals surface area contributed by atoms with Gasteiger partial charge in [-0.25, -0.2) is 4.98 Å². The number of ether oxygens (including phenoxy) is 1. The van der Waals surface area contributed by atoms with E-state index >= 15 is 0 Å². The smallest absolute Gasteiger partial charge is 0.422 e. The van der Waals surface area contributed by atoms with E-state index in [1.807, 2.05) is 0 Å². The molecule has 0 fully saturated rings. The Morgan fingerprint density at radius 2 is 1.92 bits per heavy atom. The van der Waals surface area contributed by atoms with Crippen molar-refractivity contribution in [2.24, 2.45) is 0 Å². The Balaban J connectivity index is 1.87. The van der Waals surface area contributed by atoms with E-state index in [0.29, 0.717) is 16.5 Å². The predicted molar refractivity (Wildman–Crippen MR) is 89.0 cm³/mol. The van der Waals surface area contributed by atoms with Crippen molar-refractivity contribution >= 4 is 29.0 Å². The molecule has 0 aliphatic heterocycles. The summed E-state index contributed by atoms with van der Waals surface area (Å²) >= 11 is 5.72. The summed E-state index contributed by atoms with van der Waals surface area (Å²) in [6.07, 6.45) is -2.98. The number of carbonyl (C=O) groups is 1. The third kappa shape index (κ3) is 6.50. The van der Waals surface area contributed by atoms with Gasteiger partial charge in [0.1, 0.15) is 17.6 Å². The molecule has 5 nitrogen and oxygen atoms in total. The van der Waals surface area contributed by atoms with Gasteiger partial charge in [0.05, 0.1) is 5.02 Å². The highest BCUT2D eigenvalue weighted by Crippen LogP contribution is 2.20. The second-order valence-corrected chi connectivity index (χ2v) is 5.58. The summed E-state index contributed by atoms with van der Waals surface area (Å²) in [6, 6.07) is 8.39. The van der Waals surface area contributed by atoms with E-state index in [1.54, 1.807) is 19.1 Å². The number of benzene rings is 1. The van der Waals surface area contributed by atoms with Crippen LogP contribution in [0.5, 0.6) is 5.75 Å². The van der Waals surface area contributed by atoms with Crippen LogP contribution in [-0.2, 0) is 4.79 Å². The van der Waals surface area contributed by atoms with Gasteiger partial charge in [-0.2, -0.15) is 13.2 Å². The van der Waals surface area contributed by atoms with Crippen molar-refractivity contribution in [1.82, 2.24) is 4.98 Å². The summed E-state index contributed by atoms with van der Waals surface area (Å²) in [6.45, 7) is 0.284. The normalized spacial score (nSPS) is 12.4. The Labute approximate surface area is 147 Å². The standard InChI is InChI=1S/C16H15ClF3N3O2/c1-10(15(24)23-14-7-2-11(17)8-21-14)22-12-3-5-13(6-4-12)25-9-16(18,19)20/h2-8,10,22H,9H2,1H3,(H,21,23,24)/t10-/m1/s1. The van der Waals surface area contributed by atoms with Crippen LogP contribution < -0.4 is 15.4 Å². The Bertz CT molecular complexity index is 706. The SMILES string of the molecule is C[C@@H](Nc1ccc(OCC(F)(F)F)cc1)C(=O)Nc1ccc(Cl)cn1. The van der Waals surface area contributed by atoms with Gasteiger partial charge in [0.25, 0.3) is 0 Å². The summed E-state index contributed by atoms with van der Waals surface area (Å²) in [4.78, 5) is 16.0. The Morgan fingerprint density at radius 1 is 1.24 bits per heavy atom. The molecule has 1 aromatic heterocycles. The maximum absolute atomic E-state index is 12.1. The van der Waals surface area contributed by atoms with Gasteiger partial charge in [0.2, 0.25) is 5.91 Å². The number of amides is 1. The molecule has 0 aliphatic carbocycles. The number of hydrogen-bond acceptors (Lipinski definition) is 4. The second kappa shape index (κ2) is 8.06. The number of pyridine rings is 1. The third-order valence-corrected chi connectivity index (χ3v) is 3.24. The fraction of sp³-hybridized carbons (Fsp3) is 0.250. The third-order valence-electron chi connectivity index (χ3n) is 3.01. The quantitative estimate of drug-likeness (QED) is 0.799. The second-order valence-electron chi connectivity index (χ2n) is 5.15. The van der Waals surface area contributed by atoms with Crippen LogP contribution in [0.3, 0.4) is 0 Å². The summed E-state index contributed by atoms with van der Waals surface area (Å²) in [5.41, 5.74) is 0.561. The molecule has 1 amide bonds. The maximum Gasteiger partial charge on any atom is 0.422 e. The molecule has 1 atom stereocenters. The predicted octanol–water partition coefficient (Wildman–Crippen LogP) is 4.12. The van der Waals surface area contributed by atoms with Gasteiger partial charge in [0.15, 0.2) is 6.61 Å². The maximum atomic E-state index is 12.1. The number of rotatable bonds is 6. The number of carbonyl (C=O) groups excluding carboxylic acids is 1. The largest absolute Gasteiger partial charge is 0.484 e. The van der Waals surface area contributed by atoms with Crippen LogP contribution in [0.1, 0.15) is 6.92 Å². The average molecular weight is 374 g/mol. The van der Waals surface area contributed by atoms with Crippen molar-refractivity contribution in [1.29, 1.82) is 0 Å². The Kier molecular flexibility index (Phi) is 6.08. The summed E-state index contributed by atoms with van der Waals surface area (Å²) in [5, 5.41) is 6.00. The van der Waals surface area contributed by atoms with Gasteiger partial charge in [-0.05, 0) is 43.3 Å². The number of nitrogens with zero attached hydrogens (tertiary/aromatic N) is 1. The molecule has 2 aromatic rings. The summed E-state index contributed by atoms with van der Waals surface area (Å²) in [7, 11) is 0. The fourth-order valence-electron chi connectivity index (χ4n) is 1.81. The van der Waals surface area contributed by atoms with Gasteiger partial charge in [-0.3, -0.25) is 4.79 Å². The number of nitrogens with one attached hydrogen (secondary N) is 2. The minimum absolute atomic E-state index is 0.0883. The summed E-state index contributed by atoms with van der Waals surface area (Å²) < 4.78 is 40.9. The van der Waals surface area contributed by atoms with Gasteiger partial charge in [-0.1, -0.05) is 11.6 Å². The van der Waals surface area contributed by atoms with Crippen LogP contribution in [-0.4, -0.2) is 29.7 Å². The van der Waals surface area contributed by atoms with E-state index in [1.165, 1.54) is 30.5 Å². The first-order valence-corrected chi connectivity index (χ1v) is 7.59. The lowest BCUT2D eigenvalue weighted by atomic mass is 10.2. The Hall–Kier alpha value is -2.48. The molecule has 0 unspecified atom stereocenters. The first-order chi connectivity index (χ1) is 11.7. The van der Waals surface area contributed by atoms with Gasteiger partial charge >= 0.3 is 6.18 Å². The van der Waals surface area contributed by atoms with Crippen molar-refractivity contribution in [3.8, 4) is 5.75 Å². The first-order valence-electron chi connectivity index (χ1n) is 7.21. The number of hydrogen-bond donors (Lipinski definition) is 2. The zero-order chi connectivity index (χ0) is 18.4. The molecule has 0 saturated carbocycles. The summed E-state index contributed by atoms with van der Waals surface area (Å²) in [5.74, 6) is 0.122. The lowest BCUT2D eigenvalue weighted by Gasteiger charge is -2.15. The molecule has 0 aliphatic rings. The van der Waals surface area contributed by atoms with Crippen LogP contribution in [0.15, 0.2) is 42.6 Å². The first kappa shape index (κ1) is 18.9. The molecule has 0 spiro atoms. The van der Waals surface area contributed by atoms with E-state index in [-0.39, 0.29) is 11.7 Å². The lowest BCUT2D eigenvalue weighted by molar-refractivity contribution is -0.153. The van der Waals surface area contributed by atoms with Gasteiger partial charge in [0, 0.05) is 11.9 Å². The zero-order valence-corrected chi connectivity index (χ0v) is 13.9. The molecule has 1 aromatic carbocycles. The minimum Gasteiger partial charge on any atom is -0.484 e. The van der Waals surface area contributed by atoms with Crippen molar-refractivity contribution in [2.45, 2.75) is 19.1 Å². The number of aromatic nitrogens is 1. The number of halogens is 4. The number of alkyl halides is 3. The lowest BCUT2D eigenvalue weighted by Crippen LogP contribution is -2.32. The van der Waals surface area contributed by atoms with Crippen molar-refractivity contribution < 1.29 is 22.7 Å². The molecule has 0 radical (unpaired) electrons. The van der Waals surface area contributed by atoms with Gasteiger partial charge in [-0.15, -0.1) is 0 Å². The topological polar surface area (TPSA) is 63.2 Å². The van der Waals surface area contributed by atoms with Crippen LogP contribution in [0.2, 0.25) is 5.02 Å². The van der Waals surface area contributed by atoms with Crippen molar-refractivity contribution in [3.05, 3.63) is 47.6 Å². The molecule has 9 heteroatoms. The number of anilines is 2. The van der Waals surface area contributed by atoms with Crippen LogP contribution in [0, 0.1) is 0 Å². The average Bonchev–Trinajstić information content (AvgIpc) is 2.55. The molecule has 0 bridgehead atoms. The van der Waals surface area contributed by atoms with Crippen molar-refractivity contribution in [2.75, 3.05) is 17.2 Å². The minimum atomic E-state index is -4.39. The zero-order valence-electron chi connectivity index (χ0n) is 13.1. The molecule has 1 heterocycles. The highest BCUT2D eigenvalue weighted by Gasteiger charge is 2.28. The fourth-order valence-corrected chi connectivity index (χ4v) is 1.92. The van der Waals surface area contributed by atoms with E-state index in [9.17, 15) is 18.0 Å². The monoisotopic (exact) mass is 373 g/mol. The molecule has 134 valence electrons. The van der Waals surface area contributed by atoms with Crippen LogP contribution in [0.4, 0.5) is 24.7 Å². The van der Waals surface area contributed by atoms with Crippen molar-refractivity contribution in [3.63, 3.8) is 0 Å². The van der Waals surface area contributed by atoms with Crippen LogP contribution >= 0.6 is 11.6 Å². The van der Waals surface area contributed by atoms with E-state index < -0.39 is 18.8 Å². The molecular formula is C16H15ClF3N3O2. The molecule has 2 rings (SSSR count). The van der Waals surface area contributed by atoms with Crippen LogP contribution in [0.25, 0.3) is 0 Å². The van der Waals surface area contributed by atoms with E-state index in [4.69, 9.17) is 11.6 Å². The van der Waals surface area contributed by atoms with E-state index in [2.05, 4.69) is 20.4 Å².